The summed E-state index contributed by atoms with van der Waals surface area (Å²) in [7, 11) is 0. The first-order chi connectivity index (χ1) is 8.07. The van der Waals surface area contributed by atoms with Crippen LogP contribution in [-0.2, 0) is 14.3 Å². The number of carbonyl (C=O) groups excluding carboxylic acids is 1. The highest BCUT2D eigenvalue weighted by Gasteiger charge is 2.30. The lowest BCUT2D eigenvalue weighted by molar-refractivity contribution is -0.146. The number of hydrogen-bond donors (Lipinski definition) is 0. The monoisotopic (exact) mass is 241 g/mol. The Morgan fingerprint density at radius 1 is 1.41 bits per heavy atom. The summed E-state index contributed by atoms with van der Waals surface area (Å²) < 4.78 is 11.1. The zero-order chi connectivity index (χ0) is 12.3. The van der Waals surface area contributed by atoms with E-state index in [1.54, 1.807) is 0 Å². The fourth-order valence-corrected chi connectivity index (χ4v) is 2.54. The van der Waals surface area contributed by atoms with E-state index < -0.39 is 0 Å². The van der Waals surface area contributed by atoms with Crippen molar-refractivity contribution >= 4 is 5.91 Å². The summed E-state index contributed by atoms with van der Waals surface area (Å²) in [5.41, 5.74) is -0.197. The standard InChI is InChI=1S/C13H23NO3/c1-13(2)10-14(7-9-17-13)12(15)6-5-11-4-3-8-16-11/h11H,3-10H2,1-2H3. The van der Waals surface area contributed by atoms with Crippen LogP contribution in [0.3, 0.4) is 0 Å². The van der Waals surface area contributed by atoms with Crippen LogP contribution >= 0.6 is 0 Å². The molecule has 0 saturated carbocycles. The molecule has 1 unspecified atom stereocenters. The molecule has 2 fully saturated rings. The van der Waals surface area contributed by atoms with Gasteiger partial charge in [0.1, 0.15) is 0 Å². The topological polar surface area (TPSA) is 38.8 Å². The summed E-state index contributed by atoms with van der Waals surface area (Å²) in [4.78, 5) is 14.0. The number of hydrogen-bond acceptors (Lipinski definition) is 3. The van der Waals surface area contributed by atoms with Gasteiger partial charge in [-0.1, -0.05) is 0 Å². The zero-order valence-electron chi connectivity index (χ0n) is 10.9. The van der Waals surface area contributed by atoms with Crippen LogP contribution in [-0.4, -0.2) is 48.8 Å². The molecule has 0 spiro atoms. The molecular weight excluding hydrogens is 218 g/mol. The normalized spacial score (nSPS) is 28.4. The first-order valence-corrected chi connectivity index (χ1v) is 6.60. The number of ether oxygens (including phenoxy) is 2. The molecule has 2 rings (SSSR count). The maximum atomic E-state index is 12.1. The van der Waals surface area contributed by atoms with Crippen LogP contribution in [0.4, 0.5) is 0 Å². The van der Waals surface area contributed by atoms with E-state index in [-0.39, 0.29) is 11.5 Å². The molecule has 0 aromatic carbocycles. The molecule has 0 aromatic heterocycles. The lowest BCUT2D eigenvalue weighted by atomic mass is 10.1. The highest BCUT2D eigenvalue weighted by Crippen LogP contribution is 2.20. The number of nitrogens with zero attached hydrogens (tertiary/aromatic N) is 1. The summed E-state index contributed by atoms with van der Waals surface area (Å²) in [6.45, 7) is 7.02. The van der Waals surface area contributed by atoms with Crippen molar-refractivity contribution in [1.82, 2.24) is 4.90 Å². The third kappa shape index (κ3) is 3.68. The van der Waals surface area contributed by atoms with Gasteiger partial charge < -0.3 is 14.4 Å². The first-order valence-electron chi connectivity index (χ1n) is 6.60. The summed E-state index contributed by atoms with van der Waals surface area (Å²) in [5, 5.41) is 0. The van der Waals surface area contributed by atoms with Crippen LogP contribution in [0, 0.1) is 0 Å². The molecular formula is C13H23NO3. The average molecular weight is 241 g/mol. The van der Waals surface area contributed by atoms with E-state index in [1.807, 2.05) is 18.7 Å². The maximum Gasteiger partial charge on any atom is 0.222 e. The van der Waals surface area contributed by atoms with Crippen molar-refractivity contribution in [3.05, 3.63) is 0 Å². The minimum Gasteiger partial charge on any atom is -0.378 e. The first kappa shape index (κ1) is 12.8. The Morgan fingerprint density at radius 2 is 2.24 bits per heavy atom. The van der Waals surface area contributed by atoms with Crippen LogP contribution in [0.2, 0.25) is 0 Å². The molecule has 0 aromatic rings. The van der Waals surface area contributed by atoms with Gasteiger partial charge in [-0.3, -0.25) is 4.79 Å². The molecule has 98 valence electrons. The molecule has 2 heterocycles. The van der Waals surface area contributed by atoms with E-state index >= 15 is 0 Å². The lowest BCUT2D eigenvalue weighted by Crippen LogP contribution is -2.50. The Kier molecular flexibility index (Phi) is 4.05. The van der Waals surface area contributed by atoms with Gasteiger partial charge in [0.25, 0.3) is 0 Å². The van der Waals surface area contributed by atoms with E-state index in [9.17, 15) is 4.79 Å². The fraction of sp³-hybridized carbons (Fsp3) is 0.923. The lowest BCUT2D eigenvalue weighted by Gasteiger charge is -2.38. The van der Waals surface area contributed by atoms with Gasteiger partial charge in [0.2, 0.25) is 5.91 Å². The molecule has 1 atom stereocenters. The van der Waals surface area contributed by atoms with Gasteiger partial charge in [-0.05, 0) is 33.1 Å². The molecule has 4 nitrogen and oxygen atoms in total. The van der Waals surface area contributed by atoms with Crippen molar-refractivity contribution in [3.8, 4) is 0 Å². The van der Waals surface area contributed by atoms with Gasteiger partial charge in [-0.15, -0.1) is 0 Å². The summed E-state index contributed by atoms with van der Waals surface area (Å²) >= 11 is 0. The van der Waals surface area contributed by atoms with Gasteiger partial charge in [-0.2, -0.15) is 0 Å². The predicted octanol–water partition coefficient (Wildman–Crippen LogP) is 1.58. The molecule has 4 heteroatoms. The van der Waals surface area contributed by atoms with Gasteiger partial charge in [0, 0.05) is 26.1 Å². The third-order valence-electron chi connectivity index (χ3n) is 3.48. The van der Waals surface area contributed by atoms with Crippen molar-refractivity contribution < 1.29 is 14.3 Å². The van der Waals surface area contributed by atoms with Crippen LogP contribution in [0.1, 0.15) is 39.5 Å². The molecule has 2 aliphatic rings. The van der Waals surface area contributed by atoms with Crippen LogP contribution < -0.4 is 0 Å². The smallest absolute Gasteiger partial charge is 0.222 e. The van der Waals surface area contributed by atoms with E-state index in [4.69, 9.17) is 9.47 Å². The Balaban J connectivity index is 1.75. The van der Waals surface area contributed by atoms with Crippen molar-refractivity contribution in [1.29, 1.82) is 0 Å². The maximum absolute atomic E-state index is 12.1. The van der Waals surface area contributed by atoms with Crippen molar-refractivity contribution in [2.45, 2.75) is 51.2 Å². The fourth-order valence-electron chi connectivity index (χ4n) is 2.54. The number of carbonyl (C=O) groups is 1. The van der Waals surface area contributed by atoms with Crippen molar-refractivity contribution in [3.63, 3.8) is 0 Å². The third-order valence-corrected chi connectivity index (χ3v) is 3.48. The quantitative estimate of drug-likeness (QED) is 0.753. The van der Waals surface area contributed by atoms with Gasteiger partial charge in [-0.25, -0.2) is 0 Å². The van der Waals surface area contributed by atoms with Gasteiger partial charge >= 0.3 is 0 Å². The molecule has 0 aliphatic carbocycles. The van der Waals surface area contributed by atoms with Crippen LogP contribution in [0.5, 0.6) is 0 Å². The second kappa shape index (κ2) is 5.36. The molecule has 0 N–H and O–H groups in total. The Bertz CT molecular complexity index is 272. The van der Waals surface area contributed by atoms with E-state index in [0.717, 1.165) is 32.4 Å². The summed E-state index contributed by atoms with van der Waals surface area (Å²) in [5.74, 6) is 0.247. The highest BCUT2D eigenvalue weighted by molar-refractivity contribution is 5.76. The number of rotatable bonds is 3. The molecule has 2 saturated heterocycles. The molecule has 17 heavy (non-hydrogen) atoms. The van der Waals surface area contributed by atoms with Crippen LogP contribution in [0.25, 0.3) is 0 Å². The van der Waals surface area contributed by atoms with E-state index in [1.165, 1.54) is 0 Å². The minimum atomic E-state index is -0.197. The number of amides is 1. The van der Waals surface area contributed by atoms with Crippen molar-refractivity contribution in [2.75, 3.05) is 26.3 Å². The SMILES string of the molecule is CC1(C)CN(C(=O)CCC2CCCO2)CCO1. The minimum absolute atomic E-state index is 0.197. The second-order valence-electron chi connectivity index (χ2n) is 5.60. The summed E-state index contributed by atoms with van der Waals surface area (Å²) in [6.07, 6.45) is 4.05. The molecule has 0 radical (unpaired) electrons. The number of morpholine rings is 1. The molecule has 2 aliphatic heterocycles. The van der Waals surface area contributed by atoms with Crippen LogP contribution in [0.15, 0.2) is 0 Å². The Labute approximate surface area is 103 Å². The van der Waals surface area contributed by atoms with Crippen molar-refractivity contribution in [2.24, 2.45) is 0 Å². The van der Waals surface area contributed by atoms with Gasteiger partial charge in [0.05, 0.1) is 18.3 Å². The van der Waals surface area contributed by atoms with Gasteiger partial charge in [0.15, 0.2) is 0 Å². The predicted molar refractivity (Wildman–Crippen MR) is 64.8 cm³/mol. The second-order valence-corrected chi connectivity index (χ2v) is 5.60. The molecule has 1 amide bonds. The summed E-state index contributed by atoms with van der Waals surface area (Å²) in [6, 6.07) is 0. The highest BCUT2D eigenvalue weighted by atomic mass is 16.5. The Morgan fingerprint density at radius 3 is 2.88 bits per heavy atom. The Hall–Kier alpha value is -0.610. The van der Waals surface area contributed by atoms with E-state index in [2.05, 4.69) is 0 Å². The largest absolute Gasteiger partial charge is 0.378 e. The zero-order valence-corrected chi connectivity index (χ0v) is 10.9. The average Bonchev–Trinajstić information content (AvgIpc) is 2.77. The van der Waals surface area contributed by atoms with E-state index in [0.29, 0.717) is 25.7 Å². The molecule has 0 bridgehead atoms.